The van der Waals surface area contributed by atoms with Crippen molar-refractivity contribution in [1.29, 1.82) is 0 Å². The van der Waals surface area contributed by atoms with Gasteiger partial charge in [0.05, 0.1) is 12.3 Å². The van der Waals surface area contributed by atoms with Crippen molar-refractivity contribution >= 4 is 0 Å². The van der Waals surface area contributed by atoms with Gasteiger partial charge in [0.15, 0.2) is 0 Å². The Morgan fingerprint density at radius 1 is 1.27 bits per heavy atom. The Labute approximate surface area is 81.4 Å². The molecule has 0 aliphatic heterocycles. The summed E-state index contributed by atoms with van der Waals surface area (Å²) in [5.74, 6) is 0. The number of hydrogen-bond acceptors (Lipinski definition) is 2. The first kappa shape index (κ1) is 11.8. The van der Waals surface area contributed by atoms with Crippen molar-refractivity contribution in [1.82, 2.24) is 4.98 Å². The third-order valence-corrected chi connectivity index (χ3v) is 1.61. The van der Waals surface area contributed by atoms with Crippen molar-refractivity contribution < 1.29 is 27.1 Å². The van der Waals surface area contributed by atoms with Gasteiger partial charge in [-0.1, -0.05) is 0 Å². The molecule has 0 bridgehead atoms. The number of nitrogens with zero attached hydrogens (tertiary/aromatic N) is 1. The van der Waals surface area contributed by atoms with E-state index < -0.39 is 36.2 Å². The molecule has 0 radical (unpaired) electrons. The molecule has 0 aliphatic rings. The highest BCUT2D eigenvalue weighted by atomic mass is 19.4. The maximum absolute atomic E-state index is 12.2. The molecule has 0 unspecified atom stereocenters. The second-order valence-corrected chi connectivity index (χ2v) is 2.73. The van der Waals surface area contributed by atoms with Crippen molar-refractivity contribution in [2.24, 2.45) is 0 Å². The molecule has 7 heteroatoms. The third-order valence-electron chi connectivity index (χ3n) is 1.61. The first-order valence-corrected chi connectivity index (χ1v) is 3.81. The lowest BCUT2D eigenvalue weighted by molar-refractivity contribution is -0.141. The largest absolute Gasteiger partial charge is 0.433 e. The van der Waals surface area contributed by atoms with Gasteiger partial charge in [0, 0.05) is 5.56 Å². The second kappa shape index (κ2) is 4.09. The minimum Gasteiger partial charge on any atom is -0.390 e. The summed E-state index contributed by atoms with van der Waals surface area (Å²) in [5, 5.41) is 8.56. The molecule has 0 saturated carbocycles. The molecule has 0 spiro atoms. The molecule has 0 fully saturated rings. The Kier molecular flexibility index (Phi) is 3.23. The van der Waals surface area contributed by atoms with E-state index in [1.807, 2.05) is 0 Å². The van der Waals surface area contributed by atoms with E-state index in [-0.39, 0.29) is 6.07 Å². The van der Waals surface area contributed by atoms with Crippen LogP contribution >= 0.6 is 0 Å². The van der Waals surface area contributed by atoms with Crippen molar-refractivity contribution in [2.75, 3.05) is 0 Å². The summed E-state index contributed by atoms with van der Waals surface area (Å²) >= 11 is 0. The van der Waals surface area contributed by atoms with E-state index in [2.05, 4.69) is 4.98 Å². The number of rotatable bonds is 2. The maximum Gasteiger partial charge on any atom is 0.433 e. The van der Waals surface area contributed by atoms with Gasteiger partial charge in [-0.3, -0.25) is 0 Å². The van der Waals surface area contributed by atoms with Gasteiger partial charge in [0.2, 0.25) is 0 Å². The van der Waals surface area contributed by atoms with E-state index in [1.54, 1.807) is 0 Å². The summed E-state index contributed by atoms with van der Waals surface area (Å²) in [7, 11) is 0. The van der Waals surface area contributed by atoms with Gasteiger partial charge in [0.1, 0.15) is 5.69 Å². The molecule has 1 rings (SSSR count). The molecule has 84 valence electrons. The average Bonchev–Trinajstić information content (AvgIpc) is 2.15. The highest BCUT2D eigenvalue weighted by Gasteiger charge is 2.33. The molecule has 0 aliphatic carbocycles. The van der Waals surface area contributed by atoms with Crippen LogP contribution in [0, 0.1) is 0 Å². The van der Waals surface area contributed by atoms with Gasteiger partial charge in [0.25, 0.3) is 6.43 Å². The summed E-state index contributed by atoms with van der Waals surface area (Å²) in [6.45, 7) is -0.816. The Bertz CT molecular complexity index is 349. The van der Waals surface area contributed by atoms with Crippen LogP contribution in [-0.2, 0) is 12.8 Å². The third kappa shape index (κ3) is 2.85. The Balaban J connectivity index is 3.23. The zero-order chi connectivity index (χ0) is 11.6. The quantitative estimate of drug-likeness (QED) is 0.787. The van der Waals surface area contributed by atoms with Crippen LogP contribution in [0.4, 0.5) is 22.0 Å². The highest BCUT2D eigenvalue weighted by molar-refractivity contribution is 5.23. The summed E-state index contributed by atoms with van der Waals surface area (Å²) < 4.78 is 60.8. The van der Waals surface area contributed by atoms with Gasteiger partial charge in [-0.15, -0.1) is 0 Å². The van der Waals surface area contributed by atoms with Gasteiger partial charge in [-0.2, -0.15) is 13.2 Å². The van der Waals surface area contributed by atoms with E-state index in [1.165, 1.54) is 0 Å². The molecular weight excluding hydrogens is 221 g/mol. The summed E-state index contributed by atoms with van der Waals surface area (Å²) in [4.78, 5) is 3.00. The molecule has 15 heavy (non-hydrogen) atoms. The molecule has 1 heterocycles. The van der Waals surface area contributed by atoms with E-state index in [4.69, 9.17) is 5.11 Å². The smallest absolute Gasteiger partial charge is 0.390 e. The minimum atomic E-state index is -4.80. The van der Waals surface area contributed by atoms with Crippen molar-refractivity contribution in [3.05, 3.63) is 29.1 Å². The first-order valence-electron chi connectivity index (χ1n) is 3.81. The van der Waals surface area contributed by atoms with Gasteiger partial charge >= 0.3 is 6.18 Å². The number of hydrogen-bond donors (Lipinski definition) is 1. The molecule has 1 aromatic heterocycles. The monoisotopic (exact) mass is 227 g/mol. The average molecular weight is 227 g/mol. The molecule has 0 amide bonds. The fourth-order valence-electron chi connectivity index (χ4n) is 0.963. The molecule has 0 saturated heterocycles. The van der Waals surface area contributed by atoms with Crippen molar-refractivity contribution in [3.63, 3.8) is 0 Å². The van der Waals surface area contributed by atoms with Crippen LogP contribution in [0.5, 0.6) is 0 Å². The number of aromatic nitrogens is 1. The highest BCUT2D eigenvalue weighted by Crippen LogP contribution is 2.30. The summed E-state index contributed by atoms with van der Waals surface area (Å²) in [5.41, 5.74) is -2.66. The van der Waals surface area contributed by atoms with Crippen LogP contribution < -0.4 is 0 Å². The zero-order valence-electron chi connectivity index (χ0n) is 7.22. The van der Waals surface area contributed by atoms with E-state index in [0.717, 1.165) is 6.07 Å². The number of aliphatic hydroxyl groups excluding tert-OH is 1. The predicted molar refractivity (Wildman–Crippen MR) is 40.1 cm³/mol. The summed E-state index contributed by atoms with van der Waals surface area (Å²) in [6.07, 6.45) is -7.83. The van der Waals surface area contributed by atoms with Crippen LogP contribution in [0.2, 0.25) is 0 Å². The van der Waals surface area contributed by atoms with Gasteiger partial charge in [-0.25, -0.2) is 13.8 Å². The lowest BCUT2D eigenvalue weighted by atomic mass is 10.2. The van der Waals surface area contributed by atoms with Gasteiger partial charge in [-0.05, 0) is 12.1 Å². The normalized spacial score (nSPS) is 12.2. The molecule has 0 atom stereocenters. The Hall–Kier alpha value is -1.24. The Morgan fingerprint density at radius 3 is 2.27 bits per heavy atom. The molecule has 2 nitrogen and oxygen atoms in total. The predicted octanol–water partition coefficient (Wildman–Crippen LogP) is 2.53. The number of pyridine rings is 1. The minimum absolute atomic E-state index is 0.268. The van der Waals surface area contributed by atoms with Crippen molar-refractivity contribution in [3.8, 4) is 0 Å². The SMILES string of the molecule is OCc1cc(C(F)F)cc(C(F)(F)F)n1. The molecule has 1 aromatic rings. The molecule has 1 N–H and O–H groups in total. The first-order chi connectivity index (χ1) is 6.84. The van der Waals surface area contributed by atoms with Crippen molar-refractivity contribution in [2.45, 2.75) is 19.2 Å². The van der Waals surface area contributed by atoms with Crippen LogP contribution in [-0.4, -0.2) is 10.1 Å². The van der Waals surface area contributed by atoms with E-state index in [0.29, 0.717) is 0 Å². The summed E-state index contributed by atoms with van der Waals surface area (Å²) in [6, 6.07) is 1.00. The topological polar surface area (TPSA) is 33.1 Å². The van der Waals surface area contributed by atoms with E-state index >= 15 is 0 Å². The van der Waals surface area contributed by atoms with Crippen LogP contribution in [0.1, 0.15) is 23.4 Å². The number of aliphatic hydroxyl groups is 1. The fourth-order valence-corrected chi connectivity index (χ4v) is 0.963. The molecular formula is C8H6F5NO. The molecule has 0 aromatic carbocycles. The van der Waals surface area contributed by atoms with E-state index in [9.17, 15) is 22.0 Å². The Morgan fingerprint density at radius 2 is 1.87 bits per heavy atom. The second-order valence-electron chi connectivity index (χ2n) is 2.73. The number of alkyl halides is 5. The van der Waals surface area contributed by atoms with Gasteiger partial charge < -0.3 is 5.11 Å². The van der Waals surface area contributed by atoms with Crippen LogP contribution in [0.15, 0.2) is 12.1 Å². The lowest BCUT2D eigenvalue weighted by Gasteiger charge is -2.09. The number of halogens is 5. The maximum atomic E-state index is 12.2. The lowest BCUT2D eigenvalue weighted by Crippen LogP contribution is -2.10. The van der Waals surface area contributed by atoms with Crippen LogP contribution in [0.25, 0.3) is 0 Å². The van der Waals surface area contributed by atoms with Crippen LogP contribution in [0.3, 0.4) is 0 Å². The standard InChI is InChI=1S/C8H6F5NO/c9-7(10)4-1-5(3-15)14-6(2-4)8(11,12)13/h1-2,7,15H,3H2. The zero-order valence-corrected chi connectivity index (χ0v) is 7.22. The fraction of sp³-hybridized carbons (Fsp3) is 0.375.